The number of hydrogen-bond acceptors (Lipinski definition) is 2. The summed E-state index contributed by atoms with van der Waals surface area (Å²) in [6, 6.07) is 27.4. The van der Waals surface area contributed by atoms with Crippen molar-refractivity contribution in [2.45, 2.75) is 58.8 Å². The molecule has 5 aromatic rings. The van der Waals surface area contributed by atoms with Gasteiger partial charge in [-0.15, -0.1) is 29.3 Å². The molecule has 3 nitrogen and oxygen atoms in total. The van der Waals surface area contributed by atoms with Gasteiger partial charge in [0.2, 0.25) is 0 Å². The molecule has 0 bridgehead atoms. The molecule has 1 aliphatic rings. The number of pyridine rings is 1. The van der Waals surface area contributed by atoms with Crippen LogP contribution in [0.5, 0.6) is 0 Å². The Bertz CT molecular complexity index is 1600. The second-order valence-electron chi connectivity index (χ2n) is 11.1. The normalized spacial score (nSPS) is 13.6. The SMILES string of the molecule is CC(C)c1cccc(C(C)C)c1-n1c(-c2[c-]cc3c(c2)C(C)(C)c2ncccc2-3)nc2ccccc21.[Ir]. The van der Waals surface area contributed by atoms with Gasteiger partial charge in [0.1, 0.15) is 0 Å². The summed E-state index contributed by atoms with van der Waals surface area (Å²) < 4.78 is 2.38. The van der Waals surface area contributed by atoms with E-state index in [1.54, 1.807) is 0 Å². The molecule has 2 aromatic heterocycles. The van der Waals surface area contributed by atoms with Gasteiger partial charge in [-0.3, -0.25) is 9.97 Å². The van der Waals surface area contributed by atoms with Crippen molar-refractivity contribution in [1.29, 1.82) is 0 Å². The van der Waals surface area contributed by atoms with Gasteiger partial charge in [0.25, 0.3) is 0 Å². The molecule has 0 aliphatic heterocycles. The summed E-state index contributed by atoms with van der Waals surface area (Å²) in [7, 11) is 0. The fourth-order valence-corrected chi connectivity index (χ4v) is 5.81. The zero-order valence-electron chi connectivity index (χ0n) is 22.3. The second kappa shape index (κ2) is 9.35. The Morgan fingerprint density at radius 1 is 0.838 bits per heavy atom. The smallest absolute Gasteiger partial charge is 0.0774 e. The summed E-state index contributed by atoms with van der Waals surface area (Å²) in [5, 5.41) is 0. The molecule has 1 radical (unpaired) electrons. The van der Waals surface area contributed by atoms with Crippen LogP contribution < -0.4 is 0 Å². The van der Waals surface area contributed by atoms with Gasteiger partial charge < -0.3 is 4.57 Å². The molecule has 0 atom stereocenters. The Hall–Kier alpha value is -3.07. The number of rotatable bonds is 4. The number of fused-ring (bicyclic) bond motifs is 4. The van der Waals surface area contributed by atoms with Crippen LogP contribution in [0.1, 0.15) is 75.8 Å². The summed E-state index contributed by atoms with van der Waals surface area (Å²) >= 11 is 0. The average molecular weight is 663 g/mol. The summed E-state index contributed by atoms with van der Waals surface area (Å²) in [4.78, 5) is 9.96. The molecule has 2 heterocycles. The van der Waals surface area contributed by atoms with Crippen LogP contribution in [-0.2, 0) is 25.5 Å². The predicted molar refractivity (Wildman–Crippen MR) is 149 cm³/mol. The van der Waals surface area contributed by atoms with E-state index in [-0.39, 0.29) is 25.5 Å². The minimum absolute atomic E-state index is 0. The van der Waals surface area contributed by atoms with Crippen molar-refractivity contribution in [3.63, 3.8) is 0 Å². The van der Waals surface area contributed by atoms with E-state index in [9.17, 15) is 0 Å². The number of para-hydroxylation sites is 3. The van der Waals surface area contributed by atoms with E-state index in [0.717, 1.165) is 28.1 Å². The quantitative estimate of drug-likeness (QED) is 0.181. The molecular weight excluding hydrogens is 631 g/mol. The largest absolute Gasteiger partial charge is 0.333 e. The number of nitrogens with zero attached hydrogens (tertiary/aromatic N) is 3. The maximum atomic E-state index is 5.20. The Balaban J connectivity index is 0.00000280. The predicted octanol–water partition coefficient (Wildman–Crippen LogP) is 8.44. The van der Waals surface area contributed by atoms with Crippen LogP contribution in [-0.4, -0.2) is 14.5 Å². The van der Waals surface area contributed by atoms with Gasteiger partial charge in [-0.25, -0.2) is 0 Å². The van der Waals surface area contributed by atoms with Gasteiger partial charge in [-0.1, -0.05) is 83.5 Å². The van der Waals surface area contributed by atoms with E-state index < -0.39 is 0 Å². The van der Waals surface area contributed by atoms with E-state index >= 15 is 0 Å². The van der Waals surface area contributed by atoms with Gasteiger partial charge in [0.05, 0.1) is 16.9 Å². The van der Waals surface area contributed by atoms with Crippen LogP contribution in [0.3, 0.4) is 0 Å². The third-order valence-corrected chi connectivity index (χ3v) is 7.68. The molecule has 3 aromatic carbocycles. The first kappa shape index (κ1) is 25.6. The van der Waals surface area contributed by atoms with Crippen molar-refractivity contribution in [2.24, 2.45) is 0 Å². The van der Waals surface area contributed by atoms with Gasteiger partial charge in [0, 0.05) is 43.1 Å². The van der Waals surface area contributed by atoms with Gasteiger partial charge >= 0.3 is 0 Å². The number of imidazole rings is 1. The minimum Gasteiger partial charge on any atom is -0.333 e. The van der Waals surface area contributed by atoms with E-state index in [0.29, 0.717) is 11.8 Å². The Labute approximate surface area is 233 Å². The standard InChI is InChI=1S/C33H32N3.Ir/c1-20(2)23-11-9-12-24(21(3)4)30(23)36-29-15-8-7-14-28(29)35-32(36)22-16-17-25-26-13-10-18-34-31(26)33(5,6)27(25)19-22;/h7-15,17-21H,1-6H3;/q-1;. The minimum atomic E-state index is -0.175. The van der Waals surface area contributed by atoms with Gasteiger partial charge in [-0.05, 0) is 46.7 Å². The Morgan fingerprint density at radius 3 is 2.24 bits per heavy atom. The zero-order valence-corrected chi connectivity index (χ0v) is 24.7. The maximum Gasteiger partial charge on any atom is 0.0774 e. The third-order valence-electron chi connectivity index (χ3n) is 7.68. The molecule has 0 fully saturated rings. The van der Waals surface area contributed by atoms with E-state index in [4.69, 9.17) is 9.97 Å². The fourth-order valence-electron chi connectivity index (χ4n) is 5.81. The van der Waals surface area contributed by atoms with E-state index in [2.05, 4.69) is 113 Å². The van der Waals surface area contributed by atoms with Crippen LogP contribution in [0, 0.1) is 6.07 Å². The van der Waals surface area contributed by atoms with Gasteiger partial charge in [-0.2, -0.15) is 0 Å². The maximum absolute atomic E-state index is 5.20. The molecule has 4 heteroatoms. The van der Waals surface area contributed by atoms with Crippen LogP contribution >= 0.6 is 0 Å². The second-order valence-corrected chi connectivity index (χ2v) is 11.1. The first-order valence-electron chi connectivity index (χ1n) is 12.9. The van der Waals surface area contributed by atoms with Gasteiger partial charge in [0.15, 0.2) is 0 Å². The Kier molecular flexibility index (Phi) is 6.46. The van der Waals surface area contributed by atoms with Crippen molar-refractivity contribution in [3.05, 3.63) is 101 Å². The molecule has 0 unspecified atom stereocenters. The van der Waals surface area contributed by atoms with Crippen LogP contribution in [0.2, 0.25) is 0 Å². The van der Waals surface area contributed by atoms with Crippen molar-refractivity contribution < 1.29 is 20.1 Å². The molecule has 0 amide bonds. The summed E-state index contributed by atoms with van der Waals surface area (Å²) in [6.45, 7) is 13.6. The summed E-state index contributed by atoms with van der Waals surface area (Å²) in [5.41, 5.74) is 11.7. The molecule has 6 rings (SSSR count). The molecule has 189 valence electrons. The van der Waals surface area contributed by atoms with Crippen molar-refractivity contribution >= 4 is 11.0 Å². The number of benzene rings is 3. The van der Waals surface area contributed by atoms with Crippen molar-refractivity contribution in [2.75, 3.05) is 0 Å². The topological polar surface area (TPSA) is 30.7 Å². The number of aromatic nitrogens is 3. The first-order chi connectivity index (χ1) is 17.3. The molecule has 0 spiro atoms. The number of hydrogen-bond donors (Lipinski definition) is 0. The molecule has 37 heavy (non-hydrogen) atoms. The summed E-state index contributed by atoms with van der Waals surface area (Å²) in [5.74, 6) is 1.71. The van der Waals surface area contributed by atoms with Crippen molar-refractivity contribution in [1.82, 2.24) is 14.5 Å². The van der Waals surface area contributed by atoms with Crippen LogP contribution in [0.4, 0.5) is 0 Å². The monoisotopic (exact) mass is 663 g/mol. The molecule has 0 saturated carbocycles. The fraction of sp³-hybridized carbons (Fsp3) is 0.273. The van der Waals surface area contributed by atoms with Crippen LogP contribution in [0.15, 0.2) is 72.9 Å². The molecule has 1 aliphatic carbocycles. The van der Waals surface area contributed by atoms with E-state index in [1.165, 1.54) is 33.5 Å². The van der Waals surface area contributed by atoms with Crippen molar-refractivity contribution in [3.8, 4) is 28.2 Å². The average Bonchev–Trinajstić information content (AvgIpc) is 3.36. The molecule has 0 N–H and O–H groups in total. The van der Waals surface area contributed by atoms with E-state index in [1.807, 2.05) is 12.3 Å². The summed E-state index contributed by atoms with van der Waals surface area (Å²) in [6.07, 6.45) is 1.90. The Morgan fingerprint density at radius 2 is 1.54 bits per heavy atom. The first-order valence-corrected chi connectivity index (χ1v) is 12.9. The molecular formula is C33H32IrN3-. The molecule has 0 saturated heterocycles. The zero-order chi connectivity index (χ0) is 25.2. The third kappa shape index (κ3) is 3.90. The van der Waals surface area contributed by atoms with Crippen LogP contribution in [0.25, 0.3) is 39.2 Å².